The third kappa shape index (κ3) is 4.66. The molecule has 6 nitrogen and oxygen atoms in total. The van der Waals surface area contributed by atoms with Crippen LogP contribution in [0.25, 0.3) is 6.08 Å². The normalized spacial score (nSPS) is 15.5. The lowest BCUT2D eigenvalue weighted by Gasteiger charge is -2.27. The van der Waals surface area contributed by atoms with Crippen LogP contribution in [-0.2, 0) is 9.59 Å². The van der Waals surface area contributed by atoms with Crippen molar-refractivity contribution in [2.24, 2.45) is 0 Å². The number of hydrogen-bond acceptors (Lipinski definition) is 4. The number of unbranched alkanes of at least 4 members (excludes halogenated alkanes) is 1. The maximum atomic E-state index is 13.1. The van der Waals surface area contributed by atoms with Gasteiger partial charge >= 0.3 is 6.03 Å². The Balaban J connectivity index is 2.03. The Hall–Kier alpha value is -2.83. The first-order valence-electron chi connectivity index (χ1n) is 9.41. The van der Waals surface area contributed by atoms with Gasteiger partial charge in [0.2, 0.25) is 0 Å². The largest absolute Gasteiger partial charge is 0.493 e. The van der Waals surface area contributed by atoms with Crippen LogP contribution in [0.1, 0.15) is 30.9 Å². The van der Waals surface area contributed by atoms with Crippen LogP contribution >= 0.6 is 23.2 Å². The number of hydrogen-bond donors (Lipinski definition) is 1. The van der Waals surface area contributed by atoms with E-state index in [9.17, 15) is 14.4 Å². The van der Waals surface area contributed by atoms with Gasteiger partial charge in [-0.15, -0.1) is 0 Å². The number of halogens is 2. The van der Waals surface area contributed by atoms with E-state index in [-0.39, 0.29) is 5.57 Å². The lowest BCUT2D eigenvalue weighted by Crippen LogP contribution is -2.54. The van der Waals surface area contributed by atoms with Gasteiger partial charge in [-0.1, -0.05) is 42.6 Å². The number of aryl methyl sites for hydroxylation is 1. The molecule has 0 aromatic heterocycles. The maximum absolute atomic E-state index is 13.1. The summed E-state index contributed by atoms with van der Waals surface area (Å²) in [6, 6.07) is 8.95. The molecule has 0 bridgehead atoms. The van der Waals surface area contributed by atoms with Crippen LogP contribution in [0.2, 0.25) is 10.0 Å². The fourth-order valence-electron chi connectivity index (χ4n) is 2.95. The van der Waals surface area contributed by atoms with E-state index >= 15 is 0 Å². The van der Waals surface area contributed by atoms with Crippen molar-refractivity contribution >= 4 is 52.8 Å². The topological polar surface area (TPSA) is 75.7 Å². The summed E-state index contributed by atoms with van der Waals surface area (Å²) in [6.07, 6.45) is 3.19. The second-order valence-electron chi connectivity index (χ2n) is 6.77. The predicted molar refractivity (Wildman–Crippen MR) is 117 cm³/mol. The number of urea groups is 1. The summed E-state index contributed by atoms with van der Waals surface area (Å²) in [5.74, 6) is -1.06. The van der Waals surface area contributed by atoms with Crippen LogP contribution in [0, 0.1) is 6.92 Å². The first kappa shape index (κ1) is 21.9. The fraction of sp³-hybridized carbons (Fsp3) is 0.227. The summed E-state index contributed by atoms with van der Waals surface area (Å²) >= 11 is 12.1. The van der Waals surface area contributed by atoms with Crippen molar-refractivity contribution < 1.29 is 19.1 Å². The Labute approximate surface area is 184 Å². The molecule has 1 saturated heterocycles. The van der Waals surface area contributed by atoms with E-state index in [4.69, 9.17) is 27.9 Å². The number of benzene rings is 2. The van der Waals surface area contributed by atoms with Crippen molar-refractivity contribution in [2.45, 2.75) is 26.7 Å². The first-order valence-corrected chi connectivity index (χ1v) is 10.2. The lowest BCUT2D eigenvalue weighted by atomic mass is 10.0. The van der Waals surface area contributed by atoms with Gasteiger partial charge in [-0.3, -0.25) is 14.9 Å². The van der Waals surface area contributed by atoms with E-state index in [0.29, 0.717) is 39.2 Å². The van der Waals surface area contributed by atoms with Crippen LogP contribution < -0.4 is 15.0 Å². The summed E-state index contributed by atoms with van der Waals surface area (Å²) < 4.78 is 5.77. The lowest BCUT2D eigenvalue weighted by molar-refractivity contribution is -0.122. The molecular weight excluding hydrogens is 427 g/mol. The molecule has 0 spiro atoms. The molecule has 2 aromatic carbocycles. The molecule has 1 aliphatic heterocycles. The average molecular weight is 447 g/mol. The highest BCUT2D eigenvalue weighted by Gasteiger charge is 2.37. The molecule has 0 radical (unpaired) electrons. The van der Waals surface area contributed by atoms with Gasteiger partial charge in [-0.05, 0) is 55.3 Å². The summed E-state index contributed by atoms with van der Waals surface area (Å²) in [7, 11) is 0. The van der Waals surface area contributed by atoms with E-state index in [1.165, 1.54) is 12.1 Å². The number of carbonyl (C=O) groups excluding carboxylic acids is 3. The number of anilines is 1. The van der Waals surface area contributed by atoms with E-state index in [1.54, 1.807) is 37.3 Å². The number of rotatable bonds is 6. The number of amides is 4. The van der Waals surface area contributed by atoms with Gasteiger partial charge in [-0.2, -0.15) is 0 Å². The zero-order chi connectivity index (χ0) is 21.8. The zero-order valence-corrected chi connectivity index (χ0v) is 18.0. The van der Waals surface area contributed by atoms with Crippen LogP contribution in [0.5, 0.6) is 5.75 Å². The molecule has 1 aliphatic rings. The Morgan fingerprint density at radius 2 is 1.77 bits per heavy atom. The third-order valence-electron chi connectivity index (χ3n) is 4.54. The molecule has 156 valence electrons. The van der Waals surface area contributed by atoms with Gasteiger partial charge in [0.1, 0.15) is 11.3 Å². The number of nitrogens with one attached hydrogen (secondary N) is 1. The molecule has 0 atom stereocenters. The Bertz CT molecular complexity index is 1050. The Kier molecular flexibility index (Phi) is 6.80. The fourth-order valence-corrected chi connectivity index (χ4v) is 3.29. The number of imide groups is 2. The van der Waals surface area contributed by atoms with Gasteiger partial charge in [-0.25, -0.2) is 9.69 Å². The molecule has 30 heavy (non-hydrogen) atoms. The van der Waals surface area contributed by atoms with Crippen LogP contribution in [-0.4, -0.2) is 24.5 Å². The third-order valence-corrected chi connectivity index (χ3v) is 5.01. The van der Waals surface area contributed by atoms with Gasteiger partial charge < -0.3 is 4.74 Å². The van der Waals surface area contributed by atoms with Crippen molar-refractivity contribution in [1.29, 1.82) is 0 Å². The number of carbonyl (C=O) groups is 3. The summed E-state index contributed by atoms with van der Waals surface area (Å²) in [5, 5.41) is 2.99. The van der Waals surface area contributed by atoms with Gasteiger partial charge in [0.05, 0.1) is 12.3 Å². The van der Waals surface area contributed by atoms with Gasteiger partial charge in [0.25, 0.3) is 11.8 Å². The molecule has 0 saturated carbocycles. The van der Waals surface area contributed by atoms with E-state index in [0.717, 1.165) is 17.7 Å². The molecule has 1 fully saturated rings. The highest BCUT2D eigenvalue weighted by molar-refractivity contribution is 6.40. The highest BCUT2D eigenvalue weighted by Crippen LogP contribution is 2.30. The van der Waals surface area contributed by atoms with E-state index in [2.05, 4.69) is 5.32 Å². The van der Waals surface area contributed by atoms with Gasteiger partial charge in [0, 0.05) is 15.6 Å². The quantitative estimate of drug-likeness (QED) is 0.378. The number of ether oxygens (including phenoxy) is 1. The number of nitrogens with zero attached hydrogens (tertiary/aromatic N) is 1. The molecule has 1 N–H and O–H groups in total. The molecular formula is C22H20Cl2N2O4. The Morgan fingerprint density at radius 3 is 2.50 bits per heavy atom. The molecule has 0 unspecified atom stereocenters. The minimum Gasteiger partial charge on any atom is -0.493 e. The second kappa shape index (κ2) is 9.32. The van der Waals surface area contributed by atoms with E-state index in [1.807, 2.05) is 6.92 Å². The zero-order valence-electron chi connectivity index (χ0n) is 16.5. The van der Waals surface area contributed by atoms with Crippen LogP contribution in [0.15, 0.2) is 42.0 Å². The monoisotopic (exact) mass is 446 g/mol. The van der Waals surface area contributed by atoms with Crippen molar-refractivity contribution in [3.05, 3.63) is 63.1 Å². The average Bonchev–Trinajstić information content (AvgIpc) is 2.69. The first-order chi connectivity index (χ1) is 14.3. The molecule has 1 heterocycles. The van der Waals surface area contributed by atoms with E-state index < -0.39 is 17.8 Å². The molecule has 2 aromatic rings. The SMILES string of the molecule is CCCCOc1ccc(Cl)cc1/C=C1\C(=O)NC(=O)N(c2cc(Cl)ccc2C)C1=O. The standard InChI is InChI=1S/C22H20Cl2N2O4/c1-3-4-9-30-19-8-7-15(23)10-14(19)11-17-20(27)25-22(29)26(21(17)28)18-12-16(24)6-5-13(18)2/h5-8,10-12H,3-4,9H2,1-2H3,(H,25,27,29)/b17-11+. The van der Waals surface area contributed by atoms with Crippen LogP contribution in [0.4, 0.5) is 10.5 Å². The molecule has 3 rings (SSSR count). The number of barbiturate groups is 1. The maximum Gasteiger partial charge on any atom is 0.335 e. The molecule has 8 heteroatoms. The predicted octanol–water partition coefficient (Wildman–Crippen LogP) is 5.15. The molecule has 4 amide bonds. The Morgan fingerprint density at radius 1 is 1.07 bits per heavy atom. The smallest absolute Gasteiger partial charge is 0.335 e. The summed E-state index contributed by atoms with van der Waals surface area (Å²) in [6.45, 7) is 4.27. The highest BCUT2D eigenvalue weighted by atomic mass is 35.5. The summed E-state index contributed by atoms with van der Waals surface area (Å²) in [5.41, 5.74) is 1.21. The van der Waals surface area contributed by atoms with Crippen LogP contribution in [0.3, 0.4) is 0 Å². The minimum absolute atomic E-state index is 0.211. The van der Waals surface area contributed by atoms with Crippen molar-refractivity contribution in [2.75, 3.05) is 11.5 Å². The second-order valence-corrected chi connectivity index (χ2v) is 7.65. The van der Waals surface area contributed by atoms with Crippen molar-refractivity contribution in [3.8, 4) is 5.75 Å². The molecule has 0 aliphatic carbocycles. The summed E-state index contributed by atoms with van der Waals surface area (Å²) in [4.78, 5) is 38.9. The van der Waals surface area contributed by atoms with Crippen molar-refractivity contribution in [3.63, 3.8) is 0 Å². The van der Waals surface area contributed by atoms with Gasteiger partial charge in [0.15, 0.2) is 0 Å². The van der Waals surface area contributed by atoms with Crippen molar-refractivity contribution in [1.82, 2.24) is 5.32 Å². The minimum atomic E-state index is -0.835.